The third kappa shape index (κ3) is 3.54. The molecule has 20 heavy (non-hydrogen) atoms. The van der Waals surface area contributed by atoms with Gasteiger partial charge in [0.25, 0.3) is 0 Å². The number of halogens is 2. The van der Waals surface area contributed by atoms with E-state index in [0.717, 1.165) is 37.4 Å². The van der Waals surface area contributed by atoms with Crippen LogP contribution in [0.15, 0.2) is 18.2 Å². The molecule has 1 heterocycles. The molecule has 1 aromatic carbocycles. The summed E-state index contributed by atoms with van der Waals surface area (Å²) in [6, 6.07) is 3.88. The Morgan fingerprint density at radius 1 is 1.35 bits per heavy atom. The Kier molecular flexibility index (Phi) is 5.06. The summed E-state index contributed by atoms with van der Waals surface area (Å²) in [5.74, 6) is -1.60. The smallest absolute Gasteiger partial charge is 0.237 e. The number of likely N-dealkylation sites (tertiary alicyclic amines) is 1. The van der Waals surface area contributed by atoms with E-state index in [0.29, 0.717) is 13.0 Å². The first kappa shape index (κ1) is 14.9. The largest absolute Gasteiger partial charge is 0.358 e. The summed E-state index contributed by atoms with van der Waals surface area (Å²) in [5, 5.41) is 2.69. The maximum absolute atomic E-state index is 13.2. The third-order valence-corrected chi connectivity index (χ3v) is 3.83. The minimum absolute atomic E-state index is 0.0370. The zero-order valence-corrected chi connectivity index (χ0v) is 11.7. The second-order valence-corrected chi connectivity index (χ2v) is 5.16. The number of hydrogen-bond acceptors (Lipinski definition) is 2. The first-order valence-corrected chi connectivity index (χ1v) is 7.01. The average molecular weight is 282 g/mol. The lowest BCUT2D eigenvalue weighted by Gasteiger charge is -2.34. The van der Waals surface area contributed by atoms with Crippen LogP contribution in [0.4, 0.5) is 8.78 Å². The number of amides is 1. The summed E-state index contributed by atoms with van der Waals surface area (Å²) in [7, 11) is 1.64. The van der Waals surface area contributed by atoms with Gasteiger partial charge in [-0.1, -0.05) is 12.5 Å². The van der Waals surface area contributed by atoms with E-state index in [2.05, 4.69) is 10.2 Å². The number of nitrogens with one attached hydrogen (secondary N) is 1. The number of likely N-dealkylation sites (N-methyl/N-ethyl adjacent to an activating group) is 1. The van der Waals surface area contributed by atoms with E-state index in [1.807, 2.05) is 0 Å². The predicted octanol–water partition coefficient (Wildman–Crippen LogP) is 2.11. The lowest BCUT2D eigenvalue weighted by molar-refractivity contribution is -0.127. The van der Waals surface area contributed by atoms with Crippen molar-refractivity contribution in [1.29, 1.82) is 0 Å². The predicted molar refractivity (Wildman–Crippen MR) is 73.3 cm³/mol. The Morgan fingerprint density at radius 3 is 2.85 bits per heavy atom. The fourth-order valence-electron chi connectivity index (χ4n) is 2.69. The minimum Gasteiger partial charge on any atom is -0.358 e. The maximum atomic E-state index is 13.2. The Morgan fingerprint density at radius 2 is 2.15 bits per heavy atom. The van der Waals surface area contributed by atoms with Crippen LogP contribution in [0.1, 0.15) is 24.8 Å². The molecule has 1 aromatic rings. The highest BCUT2D eigenvalue weighted by molar-refractivity contribution is 5.81. The average Bonchev–Trinajstić information content (AvgIpc) is 2.48. The molecule has 1 amide bonds. The SMILES string of the molecule is CNC(=O)C1CCCCN1CCc1ccc(F)c(F)c1. The van der Waals surface area contributed by atoms with Crippen LogP contribution >= 0.6 is 0 Å². The molecule has 0 radical (unpaired) electrons. The van der Waals surface area contributed by atoms with Gasteiger partial charge >= 0.3 is 0 Å². The summed E-state index contributed by atoms with van der Waals surface area (Å²) in [5.41, 5.74) is 0.755. The zero-order valence-electron chi connectivity index (χ0n) is 11.7. The molecule has 0 aromatic heterocycles. The van der Waals surface area contributed by atoms with Gasteiger partial charge in [0.15, 0.2) is 11.6 Å². The van der Waals surface area contributed by atoms with Gasteiger partial charge in [-0.3, -0.25) is 9.69 Å². The number of benzene rings is 1. The van der Waals surface area contributed by atoms with Gasteiger partial charge in [-0.05, 0) is 43.5 Å². The maximum Gasteiger partial charge on any atom is 0.237 e. The van der Waals surface area contributed by atoms with Crippen molar-refractivity contribution in [3.63, 3.8) is 0 Å². The molecule has 1 saturated heterocycles. The topological polar surface area (TPSA) is 32.3 Å². The monoisotopic (exact) mass is 282 g/mol. The molecular weight excluding hydrogens is 262 g/mol. The van der Waals surface area contributed by atoms with Crippen LogP contribution in [0.2, 0.25) is 0 Å². The molecule has 5 heteroatoms. The van der Waals surface area contributed by atoms with Crippen molar-refractivity contribution in [3.05, 3.63) is 35.4 Å². The highest BCUT2D eigenvalue weighted by Crippen LogP contribution is 2.18. The van der Waals surface area contributed by atoms with Gasteiger partial charge < -0.3 is 5.32 Å². The van der Waals surface area contributed by atoms with Crippen LogP contribution in [0.3, 0.4) is 0 Å². The molecule has 1 N–H and O–H groups in total. The van der Waals surface area contributed by atoms with Crippen LogP contribution in [-0.2, 0) is 11.2 Å². The minimum atomic E-state index is -0.824. The summed E-state index contributed by atoms with van der Waals surface area (Å²) in [6.07, 6.45) is 3.60. The fourth-order valence-corrected chi connectivity index (χ4v) is 2.69. The van der Waals surface area contributed by atoms with Gasteiger partial charge in [0.05, 0.1) is 6.04 Å². The van der Waals surface area contributed by atoms with E-state index >= 15 is 0 Å². The number of rotatable bonds is 4. The van der Waals surface area contributed by atoms with Crippen molar-refractivity contribution in [1.82, 2.24) is 10.2 Å². The third-order valence-electron chi connectivity index (χ3n) is 3.83. The standard InChI is InChI=1S/C15H20F2N2O/c1-18-15(20)14-4-2-3-8-19(14)9-7-11-5-6-12(16)13(17)10-11/h5-6,10,14H,2-4,7-9H2,1H3,(H,18,20). The Labute approximate surface area is 118 Å². The highest BCUT2D eigenvalue weighted by atomic mass is 19.2. The van der Waals surface area contributed by atoms with E-state index in [1.165, 1.54) is 6.07 Å². The van der Waals surface area contributed by atoms with E-state index in [9.17, 15) is 13.6 Å². The highest BCUT2D eigenvalue weighted by Gasteiger charge is 2.27. The molecule has 1 aliphatic rings. The van der Waals surface area contributed by atoms with Gasteiger partial charge in [-0.15, -0.1) is 0 Å². The summed E-state index contributed by atoms with van der Waals surface area (Å²) in [4.78, 5) is 14.0. The van der Waals surface area contributed by atoms with Crippen LogP contribution in [0, 0.1) is 11.6 Å². The van der Waals surface area contributed by atoms with Crippen molar-refractivity contribution in [2.75, 3.05) is 20.1 Å². The van der Waals surface area contributed by atoms with Gasteiger partial charge in [0, 0.05) is 13.6 Å². The number of piperidine rings is 1. The summed E-state index contributed by atoms with van der Waals surface area (Å²) < 4.78 is 26.0. The van der Waals surface area contributed by atoms with E-state index < -0.39 is 11.6 Å². The molecule has 0 bridgehead atoms. The van der Waals surface area contributed by atoms with E-state index in [4.69, 9.17) is 0 Å². The molecule has 1 fully saturated rings. The number of carbonyl (C=O) groups is 1. The zero-order chi connectivity index (χ0) is 14.5. The number of nitrogens with zero attached hydrogens (tertiary/aromatic N) is 1. The molecule has 3 nitrogen and oxygen atoms in total. The van der Waals surface area contributed by atoms with Crippen molar-refractivity contribution in [2.45, 2.75) is 31.7 Å². The molecular formula is C15H20F2N2O. The van der Waals surface area contributed by atoms with Crippen LogP contribution in [-0.4, -0.2) is 37.0 Å². The first-order chi connectivity index (χ1) is 9.61. The van der Waals surface area contributed by atoms with Crippen molar-refractivity contribution in [3.8, 4) is 0 Å². The fraction of sp³-hybridized carbons (Fsp3) is 0.533. The first-order valence-electron chi connectivity index (χ1n) is 7.01. The number of carbonyl (C=O) groups excluding carboxylic acids is 1. The molecule has 0 spiro atoms. The quantitative estimate of drug-likeness (QED) is 0.917. The van der Waals surface area contributed by atoms with Gasteiger partial charge in [-0.25, -0.2) is 8.78 Å². The Balaban J connectivity index is 1.97. The second-order valence-electron chi connectivity index (χ2n) is 5.16. The Hall–Kier alpha value is -1.49. The normalized spacial score (nSPS) is 19.9. The molecule has 2 rings (SSSR count). The molecule has 110 valence electrons. The molecule has 1 aliphatic heterocycles. The lowest BCUT2D eigenvalue weighted by Crippen LogP contribution is -2.49. The van der Waals surface area contributed by atoms with Crippen molar-refractivity contribution < 1.29 is 13.6 Å². The van der Waals surface area contributed by atoms with Gasteiger partial charge in [-0.2, -0.15) is 0 Å². The van der Waals surface area contributed by atoms with Gasteiger partial charge in [0.1, 0.15) is 0 Å². The van der Waals surface area contributed by atoms with Crippen molar-refractivity contribution >= 4 is 5.91 Å². The molecule has 0 aliphatic carbocycles. The molecule has 0 saturated carbocycles. The second kappa shape index (κ2) is 6.79. The summed E-state index contributed by atoms with van der Waals surface area (Å²) >= 11 is 0. The van der Waals surface area contributed by atoms with Crippen LogP contribution in [0.5, 0.6) is 0 Å². The van der Waals surface area contributed by atoms with Gasteiger partial charge in [0.2, 0.25) is 5.91 Å². The van der Waals surface area contributed by atoms with E-state index in [-0.39, 0.29) is 11.9 Å². The molecule has 1 unspecified atom stereocenters. The lowest BCUT2D eigenvalue weighted by atomic mass is 10.0. The number of hydrogen-bond donors (Lipinski definition) is 1. The summed E-state index contributed by atoms with van der Waals surface area (Å²) in [6.45, 7) is 1.56. The Bertz CT molecular complexity index is 479. The van der Waals surface area contributed by atoms with E-state index in [1.54, 1.807) is 13.1 Å². The van der Waals surface area contributed by atoms with Crippen LogP contribution < -0.4 is 5.32 Å². The molecule has 1 atom stereocenters. The van der Waals surface area contributed by atoms with Crippen LogP contribution in [0.25, 0.3) is 0 Å². The van der Waals surface area contributed by atoms with Crippen molar-refractivity contribution in [2.24, 2.45) is 0 Å².